The minimum Gasteiger partial charge on any atom is -0.463 e. The topological polar surface area (TPSA) is 76.7 Å². The molecule has 6 nitrogen and oxygen atoms in total. The lowest BCUT2D eigenvalue weighted by Crippen LogP contribution is -2.45. The maximum Gasteiger partial charge on any atom is 0.338 e. The number of rotatable bonds is 6. The van der Waals surface area contributed by atoms with Crippen molar-refractivity contribution >= 4 is 12.0 Å². The van der Waals surface area contributed by atoms with Crippen LogP contribution < -0.4 is 15.4 Å². The molecule has 1 atom stereocenters. The summed E-state index contributed by atoms with van der Waals surface area (Å²) in [5, 5.41) is 5.54. The summed E-state index contributed by atoms with van der Waals surface area (Å²) in [6.07, 6.45) is 0.520. The maximum atomic E-state index is 12.5. The molecule has 0 aromatic heterocycles. The Bertz CT molecular complexity index is 948. The van der Waals surface area contributed by atoms with E-state index in [9.17, 15) is 9.59 Å². The Hall–Kier alpha value is -3.28. The van der Waals surface area contributed by atoms with E-state index >= 15 is 0 Å². The average molecular weight is 394 g/mol. The van der Waals surface area contributed by atoms with Gasteiger partial charge >= 0.3 is 12.0 Å². The minimum absolute atomic E-state index is 0.266. The van der Waals surface area contributed by atoms with Crippen LogP contribution in [-0.2, 0) is 9.53 Å². The van der Waals surface area contributed by atoms with Crippen molar-refractivity contribution in [3.63, 3.8) is 0 Å². The number of nitrogens with one attached hydrogen (secondary N) is 2. The molecule has 1 aliphatic heterocycles. The highest BCUT2D eigenvalue weighted by molar-refractivity contribution is 5.95. The summed E-state index contributed by atoms with van der Waals surface area (Å²) in [6.45, 7) is 7.97. The van der Waals surface area contributed by atoms with Gasteiger partial charge in [-0.15, -0.1) is 0 Å². The molecule has 0 fully saturated rings. The number of urea groups is 1. The number of amides is 2. The van der Waals surface area contributed by atoms with Crippen LogP contribution in [0, 0.1) is 13.8 Å². The highest BCUT2D eigenvalue weighted by Gasteiger charge is 2.33. The number of hydrogen-bond acceptors (Lipinski definition) is 4. The highest BCUT2D eigenvalue weighted by Crippen LogP contribution is 2.32. The smallest absolute Gasteiger partial charge is 0.338 e. The van der Waals surface area contributed by atoms with Gasteiger partial charge in [0, 0.05) is 5.70 Å². The largest absolute Gasteiger partial charge is 0.463 e. The van der Waals surface area contributed by atoms with E-state index in [4.69, 9.17) is 9.47 Å². The van der Waals surface area contributed by atoms with Gasteiger partial charge in [0.15, 0.2) is 0 Å². The second-order valence-corrected chi connectivity index (χ2v) is 6.87. The van der Waals surface area contributed by atoms with Gasteiger partial charge in [0.1, 0.15) is 11.5 Å². The molecule has 0 spiro atoms. The van der Waals surface area contributed by atoms with Gasteiger partial charge in [-0.05, 0) is 62.1 Å². The van der Waals surface area contributed by atoms with Crippen molar-refractivity contribution in [2.75, 3.05) is 6.61 Å². The molecule has 1 unspecified atom stereocenters. The van der Waals surface area contributed by atoms with Crippen molar-refractivity contribution in [3.8, 4) is 11.5 Å². The second-order valence-electron chi connectivity index (χ2n) is 6.87. The van der Waals surface area contributed by atoms with E-state index in [1.165, 1.54) is 0 Å². The molecule has 2 aromatic carbocycles. The molecule has 29 heavy (non-hydrogen) atoms. The number of ether oxygens (including phenoxy) is 2. The van der Waals surface area contributed by atoms with Crippen molar-refractivity contribution in [2.24, 2.45) is 0 Å². The molecule has 1 aliphatic rings. The molecule has 0 aliphatic carbocycles. The van der Waals surface area contributed by atoms with Crippen LogP contribution in [-0.4, -0.2) is 18.6 Å². The summed E-state index contributed by atoms with van der Waals surface area (Å²) >= 11 is 0. The fourth-order valence-electron chi connectivity index (χ4n) is 3.29. The van der Waals surface area contributed by atoms with E-state index in [2.05, 4.69) is 10.6 Å². The lowest BCUT2D eigenvalue weighted by Gasteiger charge is -2.29. The summed E-state index contributed by atoms with van der Waals surface area (Å²) in [5.41, 5.74) is 4.03. The zero-order chi connectivity index (χ0) is 21.0. The van der Waals surface area contributed by atoms with Crippen LogP contribution in [0.5, 0.6) is 11.5 Å². The molecule has 3 rings (SSSR count). The Morgan fingerprint density at radius 2 is 1.79 bits per heavy atom. The third-order valence-corrected chi connectivity index (χ3v) is 5.00. The van der Waals surface area contributed by atoms with Crippen molar-refractivity contribution < 1.29 is 19.1 Å². The average Bonchev–Trinajstić information content (AvgIpc) is 2.71. The minimum atomic E-state index is -0.576. The first-order valence-corrected chi connectivity index (χ1v) is 9.76. The Balaban J connectivity index is 1.89. The van der Waals surface area contributed by atoms with Gasteiger partial charge in [-0.2, -0.15) is 0 Å². The fourth-order valence-corrected chi connectivity index (χ4v) is 3.29. The molecular weight excluding hydrogens is 368 g/mol. The first-order chi connectivity index (χ1) is 13.9. The molecule has 1 heterocycles. The fraction of sp³-hybridized carbons (Fsp3) is 0.304. The van der Waals surface area contributed by atoms with Crippen molar-refractivity contribution in [2.45, 2.75) is 40.2 Å². The van der Waals surface area contributed by atoms with Crippen LogP contribution in [0.1, 0.15) is 43.0 Å². The Labute approximate surface area is 170 Å². The maximum absolute atomic E-state index is 12.5. The van der Waals surface area contributed by atoms with Crippen molar-refractivity contribution in [3.05, 3.63) is 70.4 Å². The van der Waals surface area contributed by atoms with E-state index in [0.29, 0.717) is 23.4 Å². The Kier molecular flexibility index (Phi) is 6.22. The van der Waals surface area contributed by atoms with E-state index in [1.807, 2.05) is 63.2 Å². The predicted octanol–water partition coefficient (Wildman–Crippen LogP) is 4.68. The SMILES string of the molecule is CCOC(=O)C1=C(CC)NC(=O)NC1c1ccc(Oc2cccc(C)c2C)cc1. The van der Waals surface area contributed by atoms with Crippen LogP contribution >= 0.6 is 0 Å². The summed E-state index contributed by atoms with van der Waals surface area (Å²) in [4.78, 5) is 24.6. The number of benzene rings is 2. The van der Waals surface area contributed by atoms with Gasteiger partial charge in [0.25, 0.3) is 0 Å². The van der Waals surface area contributed by atoms with Gasteiger partial charge < -0.3 is 20.1 Å². The summed E-state index contributed by atoms with van der Waals surface area (Å²) in [6, 6.07) is 12.4. The van der Waals surface area contributed by atoms with Gasteiger partial charge in [0.05, 0.1) is 18.2 Å². The predicted molar refractivity (Wildman–Crippen MR) is 111 cm³/mol. The van der Waals surface area contributed by atoms with E-state index in [0.717, 1.165) is 22.4 Å². The van der Waals surface area contributed by atoms with Gasteiger partial charge in [-0.1, -0.05) is 31.2 Å². The first-order valence-electron chi connectivity index (χ1n) is 9.76. The van der Waals surface area contributed by atoms with Gasteiger partial charge in [-0.3, -0.25) is 0 Å². The molecule has 0 saturated heterocycles. The Morgan fingerprint density at radius 3 is 2.45 bits per heavy atom. The van der Waals surface area contributed by atoms with E-state index in [1.54, 1.807) is 6.92 Å². The van der Waals surface area contributed by atoms with Crippen molar-refractivity contribution in [1.82, 2.24) is 10.6 Å². The number of carbonyl (C=O) groups is 2. The number of carbonyl (C=O) groups excluding carboxylic acids is 2. The lowest BCUT2D eigenvalue weighted by atomic mass is 9.94. The Morgan fingerprint density at radius 1 is 1.07 bits per heavy atom. The molecule has 152 valence electrons. The zero-order valence-corrected chi connectivity index (χ0v) is 17.2. The lowest BCUT2D eigenvalue weighted by molar-refractivity contribution is -0.139. The monoisotopic (exact) mass is 394 g/mol. The van der Waals surface area contributed by atoms with Crippen LogP contribution in [0.15, 0.2) is 53.7 Å². The third-order valence-electron chi connectivity index (χ3n) is 5.00. The first kappa shape index (κ1) is 20.5. The number of hydrogen-bond donors (Lipinski definition) is 2. The molecule has 0 saturated carbocycles. The zero-order valence-electron chi connectivity index (χ0n) is 17.2. The molecule has 2 amide bonds. The van der Waals surface area contributed by atoms with Crippen LogP contribution in [0.4, 0.5) is 4.79 Å². The quantitative estimate of drug-likeness (QED) is 0.698. The molecule has 0 bridgehead atoms. The summed E-state index contributed by atoms with van der Waals surface area (Å²) in [5.74, 6) is 1.05. The second kappa shape index (κ2) is 8.82. The normalized spacial score (nSPS) is 16.1. The highest BCUT2D eigenvalue weighted by atomic mass is 16.5. The van der Waals surface area contributed by atoms with Crippen LogP contribution in [0.2, 0.25) is 0 Å². The third kappa shape index (κ3) is 4.42. The number of aryl methyl sites for hydroxylation is 1. The molecular formula is C23H26N2O4. The molecule has 2 aromatic rings. The number of allylic oxidation sites excluding steroid dienone is 1. The van der Waals surface area contributed by atoms with E-state index in [-0.39, 0.29) is 12.6 Å². The van der Waals surface area contributed by atoms with Gasteiger partial charge in [0.2, 0.25) is 0 Å². The van der Waals surface area contributed by atoms with Crippen LogP contribution in [0.25, 0.3) is 0 Å². The standard InChI is InChI=1S/C23H26N2O4/c1-5-18-20(22(26)28-6-2)21(25-23(27)24-18)16-10-12-17(13-11-16)29-19-9-7-8-14(3)15(19)4/h7-13,21H,5-6H2,1-4H3,(H2,24,25,27). The van der Waals surface area contributed by atoms with Gasteiger partial charge in [-0.25, -0.2) is 9.59 Å². The molecule has 0 radical (unpaired) electrons. The van der Waals surface area contributed by atoms with Crippen LogP contribution in [0.3, 0.4) is 0 Å². The molecule has 6 heteroatoms. The number of esters is 1. The summed E-state index contributed by atoms with van der Waals surface area (Å²) < 4.78 is 11.2. The van der Waals surface area contributed by atoms with Crippen molar-refractivity contribution in [1.29, 1.82) is 0 Å². The van der Waals surface area contributed by atoms with E-state index < -0.39 is 12.0 Å². The summed E-state index contributed by atoms with van der Waals surface area (Å²) in [7, 11) is 0. The molecule has 2 N–H and O–H groups in total.